The predicted molar refractivity (Wildman–Crippen MR) is 49.6 cm³/mol. The van der Waals surface area contributed by atoms with E-state index in [0.717, 1.165) is 5.56 Å². The molecule has 0 heterocycles. The maximum absolute atomic E-state index is 8.65. The Morgan fingerprint density at radius 3 is 2.58 bits per heavy atom. The lowest BCUT2D eigenvalue weighted by Crippen LogP contribution is -1.98. The van der Waals surface area contributed by atoms with Gasteiger partial charge in [0.05, 0.1) is 5.71 Å². The summed E-state index contributed by atoms with van der Waals surface area (Å²) in [5.41, 5.74) is 1.57. The summed E-state index contributed by atoms with van der Waals surface area (Å²) in [6.07, 6.45) is 2.29. The zero-order valence-electron chi connectivity index (χ0n) is 6.77. The molecule has 0 aliphatic rings. The normalized spacial score (nSPS) is 11.2. The van der Waals surface area contributed by atoms with Gasteiger partial charge in [0.25, 0.3) is 0 Å². The second-order valence-corrected chi connectivity index (χ2v) is 2.41. The number of oxime groups is 1. The van der Waals surface area contributed by atoms with E-state index in [9.17, 15) is 0 Å². The van der Waals surface area contributed by atoms with Crippen LogP contribution < -0.4 is 0 Å². The van der Waals surface area contributed by atoms with Crippen LogP contribution in [0.15, 0.2) is 48.1 Å². The van der Waals surface area contributed by atoms with Crippen molar-refractivity contribution < 1.29 is 5.21 Å². The van der Waals surface area contributed by atoms with Crippen molar-refractivity contribution >= 4 is 5.71 Å². The summed E-state index contributed by atoms with van der Waals surface area (Å²) in [4.78, 5) is 0. The topological polar surface area (TPSA) is 32.6 Å². The van der Waals surface area contributed by atoms with Gasteiger partial charge >= 0.3 is 0 Å². The highest BCUT2D eigenvalue weighted by Gasteiger charge is 1.99. The number of benzene rings is 1. The van der Waals surface area contributed by atoms with Crippen molar-refractivity contribution in [1.82, 2.24) is 0 Å². The van der Waals surface area contributed by atoms with E-state index in [0.29, 0.717) is 12.1 Å². The van der Waals surface area contributed by atoms with Crippen LogP contribution in [-0.2, 0) is 0 Å². The van der Waals surface area contributed by atoms with Crippen molar-refractivity contribution in [2.45, 2.75) is 6.42 Å². The highest BCUT2D eigenvalue weighted by Crippen LogP contribution is 2.04. The average Bonchev–Trinajstić information content (AvgIpc) is 2.15. The van der Waals surface area contributed by atoms with Crippen molar-refractivity contribution in [3.63, 3.8) is 0 Å². The molecule has 1 aromatic carbocycles. The molecule has 1 aromatic rings. The molecule has 0 aromatic heterocycles. The highest BCUT2D eigenvalue weighted by molar-refractivity contribution is 6.00. The van der Waals surface area contributed by atoms with E-state index in [1.54, 1.807) is 6.08 Å². The van der Waals surface area contributed by atoms with Crippen molar-refractivity contribution in [1.29, 1.82) is 0 Å². The third-order valence-corrected chi connectivity index (χ3v) is 1.57. The van der Waals surface area contributed by atoms with E-state index in [-0.39, 0.29) is 0 Å². The second kappa shape index (κ2) is 4.34. The summed E-state index contributed by atoms with van der Waals surface area (Å²) in [6, 6.07) is 9.54. The molecule has 0 spiro atoms. The van der Waals surface area contributed by atoms with Crippen LogP contribution in [0.2, 0.25) is 0 Å². The van der Waals surface area contributed by atoms with Gasteiger partial charge < -0.3 is 5.21 Å². The number of allylic oxidation sites excluding steroid dienone is 1. The fourth-order valence-electron chi connectivity index (χ4n) is 0.984. The first-order valence-electron chi connectivity index (χ1n) is 3.75. The quantitative estimate of drug-likeness (QED) is 0.314. The van der Waals surface area contributed by atoms with Gasteiger partial charge in [0.1, 0.15) is 0 Å². The standard InChI is InChI=1S/C10H11NO/c1-2-6-10(11-12)9-7-4-3-5-8-9/h2-5,7-8,12H,1,6H2/b11-10+. The Kier molecular flexibility index (Phi) is 3.08. The van der Waals surface area contributed by atoms with Crippen LogP contribution in [0.4, 0.5) is 0 Å². The monoisotopic (exact) mass is 161 g/mol. The van der Waals surface area contributed by atoms with Gasteiger partial charge in [-0.25, -0.2) is 0 Å². The molecule has 1 rings (SSSR count). The lowest BCUT2D eigenvalue weighted by molar-refractivity contribution is 0.318. The smallest absolute Gasteiger partial charge is 0.0905 e. The summed E-state index contributed by atoms with van der Waals surface area (Å²) in [5, 5.41) is 11.8. The molecule has 0 radical (unpaired) electrons. The Morgan fingerprint density at radius 1 is 1.42 bits per heavy atom. The Hall–Kier alpha value is -1.57. The lowest BCUT2D eigenvalue weighted by atomic mass is 10.1. The third kappa shape index (κ3) is 1.95. The maximum atomic E-state index is 8.65. The van der Waals surface area contributed by atoms with Crippen molar-refractivity contribution in [2.24, 2.45) is 5.16 Å². The van der Waals surface area contributed by atoms with Gasteiger partial charge in [0.15, 0.2) is 0 Å². The highest BCUT2D eigenvalue weighted by atomic mass is 16.4. The second-order valence-electron chi connectivity index (χ2n) is 2.41. The van der Waals surface area contributed by atoms with Crippen LogP contribution in [0.25, 0.3) is 0 Å². The minimum Gasteiger partial charge on any atom is -0.411 e. The molecule has 0 aliphatic heterocycles. The van der Waals surface area contributed by atoms with Crippen molar-refractivity contribution in [3.05, 3.63) is 48.6 Å². The SMILES string of the molecule is C=CC/C(=N\O)c1ccccc1. The van der Waals surface area contributed by atoms with Gasteiger partial charge in [-0.3, -0.25) is 0 Å². The maximum Gasteiger partial charge on any atom is 0.0905 e. The minimum absolute atomic E-state index is 0.584. The molecule has 62 valence electrons. The third-order valence-electron chi connectivity index (χ3n) is 1.57. The minimum atomic E-state index is 0.584. The first-order chi connectivity index (χ1) is 5.88. The predicted octanol–water partition coefficient (Wildman–Crippen LogP) is 2.44. The Labute approximate surface area is 71.8 Å². The number of hydrogen-bond donors (Lipinski definition) is 1. The molecular formula is C10H11NO. The summed E-state index contributed by atoms with van der Waals surface area (Å²) in [5.74, 6) is 0. The molecular weight excluding hydrogens is 150 g/mol. The van der Waals surface area contributed by atoms with Gasteiger partial charge in [-0.2, -0.15) is 0 Å². The molecule has 0 saturated carbocycles. The van der Waals surface area contributed by atoms with E-state index in [4.69, 9.17) is 5.21 Å². The van der Waals surface area contributed by atoms with Crippen LogP contribution in [0.5, 0.6) is 0 Å². The van der Waals surface area contributed by atoms with Gasteiger partial charge in [0, 0.05) is 6.42 Å². The lowest BCUT2D eigenvalue weighted by Gasteiger charge is -1.99. The number of rotatable bonds is 3. The van der Waals surface area contributed by atoms with E-state index in [2.05, 4.69) is 11.7 Å². The molecule has 2 heteroatoms. The molecule has 0 aliphatic carbocycles. The Bertz CT molecular complexity index is 277. The molecule has 2 nitrogen and oxygen atoms in total. The van der Waals surface area contributed by atoms with Crippen LogP contribution in [0.1, 0.15) is 12.0 Å². The fraction of sp³-hybridized carbons (Fsp3) is 0.100. The van der Waals surface area contributed by atoms with Gasteiger partial charge in [-0.15, -0.1) is 6.58 Å². The number of hydrogen-bond acceptors (Lipinski definition) is 2. The van der Waals surface area contributed by atoms with Crippen molar-refractivity contribution in [3.8, 4) is 0 Å². The first-order valence-corrected chi connectivity index (χ1v) is 3.75. The summed E-state index contributed by atoms with van der Waals surface area (Å²) < 4.78 is 0. The largest absolute Gasteiger partial charge is 0.411 e. The summed E-state index contributed by atoms with van der Waals surface area (Å²) in [6.45, 7) is 3.58. The molecule has 0 unspecified atom stereocenters. The van der Waals surface area contributed by atoms with E-state index >= 15 is 0 Å². The Morgan fingerprint density at radius 2 is 2.08 bits per heavy atom. The van der Waals surface area contributed by atoms with Crippen molar-refractivity contribution in [2.75, 3.05) is 0 Å². The zero-order chi connectivity index (χ0) is 8.81. The summed E-state index contributed by atoms with van der Waals surface area (Å²) in [7, 11) is 0. The molecule has 0 atom stereocenters. The first kappa shape index (κ1) is 8.53. The Balaban J connectivity index is 2.88. The molecule has 0 saturated heterocycles. The van der Waals surface area contributed by atoms with Crippen LogP contribution in [0.3, 0.4) is 0 Å². The molecule has 0 fully saturated rings. The van der Waals surface area contributed by atoms with Crippen LogP contribution in [-0.4, -0.2) is 10.9 Å². The molecule has 0 bridgehead atoms. The van der Waals surface area contributed by atoms with Gasteiger partial charge in [0.2, 0.25) is 0 Å². The van der Waals surface area contributed by atoms with Crippen LogP contribution >= 0.6 is 0 Å². The van der Waals surface area contributed by atoms with Gasteiger partial charge in [-0.05, 0) is 5.56 Å². The average molecular weight is 161 g/mol. The van der Waals surface area contributed by atoms with Gasteiger partial charge in [-0.1, -0.05) is 41.6 Å². The van der Waals surface area contributed by atoms with E-state index in [1.807, 2.05) is 30.3 Å². The van der Waals surface area contributed by atoms with Crippen LogP contribution in [0, 0.1) is 0 Å². The zero-order valence-corrected chi connectivity index (χ0v) is 6.77. The molecule has 1 N–H and O–H groups in total. The fourth-order valence-corrected chi connectivity index (χ4v) is 0.984. The molecule has 0 amide bonds. The van der Waals surface area contributed by atoms with E-state index in [1.165, 1.54) is 0 Å². The molecule has 12 heavy (non-hydrogen) atoms. The van der Waals surface area contributed by atoms with E-state index < -0.39 is 0 Å². The summed E-state index contributed by atoms with van der Waals surface area (Å²) >= 11 is 0. The number of nitrogens with zero attached hydrogens (tertiary/aromatic N) is 1.